The van der Waals surface area contributed by atoms with Crippen molar-refractivity contribution in [3.8, 4) is 0 Å². The predicted octanol–water partition coefficient (Wildman–Crippen LogP) is 1.26. The molecule has 1 spiro atoms. The standard InChI is InChI=1S/C12H16O4/c1-11-6-8(5-9(11)10(13)14-2)12(7-11)15-3-4-16-12/h5,8H,3-4,6-7H2,1-2H3/t8-,11+/m1/s1. The molecule has 1 aliphatic heterocycles. The van der Waals surface area contributed by atoms with Gasteiger partial charge in [-0.2, -0.15) is 0 Å². The third kappa shape index (κ3) is 1.14. The van der Waals surface area contributed by atoms with Crippen LogP contribution in [-0.4, -0.2) is 32.1 Å². The molecule has 2 atom stereocenters. The first kappa shape index (κ1) is 10.3. The monoisotopic (exact) mass is 224 g/mol. The highest BCUT2D eigenvalue weighted by Gasteiger charge is 2.62. The molecule has 0 aromatic carbocycles. The fourth-order valence-corrected chi connectivity index (χ4v) is 3.39. The maximum absolute atomic E-state index is 11.6. The molecule has 88 valence electrons. The first-order valence-corrected chi connectivity index (χ1v) is 5.68. The molecule has 2 bridgehead atoms. The van der Waals surface area contributed by atoms with Crippen LogP contribution in [0.15, 0.2) is 11.6 Å². The van der Waals surface area contributed by atoms with Gasteiger partial charge in [-0.3, -0.25) is 0 Å². The second-order valence-electron chi connectivity index (χ2n) is 5.13. The van der Waals surface area contributed by atoms with Crippen molar-refractivity contribution in [1.82, 2.24) is 0 Å². The maximum atomic E-state index is 11.6. The lowest BCUT2D eigenvalue weighted by atomic mass is 9.81. The van der Waals surface area contributed by atoms with Gasteiger partial charge in [0.25, 0.3) is 0 Å². The van der Waals surface area contributed by atoms with Gasteiger partial charge in [0.15, 0.2) is 5.79 Å². The lowest BCUT2D eigenvalue weighted by Crippen LogP contribution is -2.38. The molecule has 0 aromatic heterocycles. The normalized spacial score (nSPS) is 39.1. The Morgan fingerprint density at radius 3 is 2.69 bits per heavy atom. The highest BCUT2D eigenvalue weighted by atomic mass is 16.7. The van der Waals surface area contributed by atoms with Gasteiger partial charge in [0, 0.05) is 23.3 Å². The summed E-state index contributed by atoms with van der Waals surface area (Å²) < 4.78 is 16.3. The zero-order valence-electron chi connectivity index (χ0n) is 9.62. The number of hydrogen-bond donors (Lipinski definition) is 0. The number of hydrogen-bond acceptors (Lipinski definition) is 4. The maximum Gasteiger partial charge on any atom is 0.333 e. The Morgan fingerprint density at radius 1 is 1.50 bits per heavy atom. The molecule has 3 rings (SSSR count). The van der Waals surface area contributed by atoms with Crippen LogP contribution in [0.3, 0.4) is 0 Å². The molecule has 2 aliphatic carbocycles. The average molecular weight is 224 g/mol. The van der Waals surface area contributed by atoms with E-state index in [1.54, 1.807) is 0 Å². The minimum atomic E-state index is -0.452. The van der Waals surface area contributed by atoms with E-state index in [-0.39, 0.29) is 17.3 Å². The Morgan fingerprint density at radius 2 is 2.19 bits per heavy atom. The zero-order chi connectivity index (χ0) is 11.4. The van der Waals surface area contributed by atoms with Crippen LogP contribution in [0.2, 0.25) is 0 Å². The highest BCUT2D eigenvalue weighted by Crippen LogP contribution is 2.60. The average Bonchev–Trinajstić information content (AvgIpc) is 2.90. The Kier molecular flexibility index (Phi) is 1.98. The summed E-state index contributed by atoms with van der Waals surface area (Å²) in [6, 6.07) is 0. The van der Waals surface area contributed by atoms with E-state index < -0.39 is 5.79 Å². The van der Waals surface area contributed by atoms with Gasteiger partial charge in [0.1, 0.15) is 0 Å². The number of carbonyl (C=O) groups excluding carboxylic acids is 1. The van der Waals surface area contributed by atoms with E-state index in [1.165, 1.54) is 7.11 Å². The Bertz CT molecular complexity index is 367. The van der Waals surface area contributed by atoms with Crippen LogP contribution in [-0.2, 0) is 19.0 Å². The van der Waals surface area contributed by atoms with E-state index in [9.17, 15) is 4.79 Å². The topological polar surface area (TPSA) is 44.8 Å². The summed E-state index contributed by atoms with van der Waals surface area (Å²) in [5, 5.41) is 0. The van der Waals surface area contributed by atoms with Crippen LogP contribution in [0.1, 0.15) is 19.8 Å². The fraction of sp³-hybridized carbons (Fsp3) is 0.750. The minimum absolute atomic E-state index is 0.137. The van der Waals surface area contributed by atoms with Crippen molar-refractivity contribution in [2.75, 3.05) is 20.3 Å². The number of carbonyl (C=O) groups is 1. The van der Waals surface area contributed by atoms with Crippen LogP contribution in [0.5, 0.6) is 0 Å². The summed E-state index contributed by atoms with van der Waals surface area (Å²) in [6.45, 7) is 3.41. The second kappa shape index (κ2) is 3.08. The van der Waals surface area contributed by atoms with Gasteiger partial charge >= 0.3 is 5.97 Å². The molecule has 3 aliphatic rings. The summed E-state index contributed by atoms with van der Waals surface area (Å²) in [5.41, 5.74) is 0.659. The van der Waals surface area contributed by atoms with Gasteiger partial charge in [-0.05, 0) is 6.42 Å². The van der Waals surface area contributed by atoms with E-state index in [2.05, 4.69) is 6.92 Å². The Hall–Kier alpha value is -0.870. The van der Waals surface area contributed by atoms with E-state index in [0.29, 0.717) is 13.2 Å². The summed E-state index contributed by atoms with van der Waals surface area (Å²) in [5.74, 6) is -0.460. The van der Waals surface area contributed by atoms with Crippen molar-refractivity contribution >= 4 is 5.97 Å². The summed E-state index contributed by atoms with van der Waals surface area (Å²) in [6.07, 6.45) is 3.68. The minimum Gasteiger partial charge on any atom is -0.466 e. The molecule has 1 saturated carbocycles. The van der Waals surface area contributed by atoms with Gasteiger partial charge in [-0.15, -0.1) is 0 Å². The number of methoxy groups -OCH3 is 1. The van der Waals surface area contributed by atoms with Crippen LogP contribution in [0.25, 0.3) is 0 Å². The predicted molar refractivity (Wildman–Crippen MR) is 55.6 cm³/mol. The van der Waals surface area contributed by atoms with Gasteiger partial charge in [0.2, 0.25) is 0 Å². The lowest BCUT2D eigenvalue weighted by Gasteiger charge is -2.33. The van der Waals surface area contributed by atoms with E-state index in [0.717, 1.165) is 18.4 Å². The van der Waals surface area contributed by atoms with Crippen LogP contribution in [0.4, 0.5) is 0 Å². The first-order valence-electron chi connectivity index (χ1n) is 5.68. The van der Waals surface area contributed by atoms with Crippen molar-refractivity contribution in [2.45, 2.75) is 25.6 Å². The number of rotatable bonds is 1. The van der Waals surface area contributed by atoms with Crippen molar-refractivity contribution in [2.24, 2.45) is 11.3 Å². The Labute approximate surface area is 94.5 Å². The zero-order valence-corrected chi connectivity index (χ0v) is 9.62. The molecule has 16 heavy (non-hydrogen) atoms. The third-order valence-electron chi connectivity index (χ3n) is 4.07. The fourth-order valence-electron chi connectivity index (χ4n) is 3.39. The van der Waals surface area contributed by atoms with Gasteiger partial charge < -0.3 is 14.2 Å². The van der Waals surface area contributed by atoms with E-state index >= 15 is 0 Å². The molecule has 1 heterocycles. The highest BCUT2D eigenvalue weighted by molar-refractivity contribution is 5.91. The molecule has 0 N–H and O–H groups in total. The lowest BCUT2D eigenvalue weighted by molar-refractivity contribution is -0.177. The molecule has 1 saturated heterocycles. The largest absolute Gasteiger partial charge is 0.466 e. The molecular formula is C12H16O4. The first-order chi connectivity index (χ1) is 7.60. The van der Waals surface area contributed by atoms with Crippen LogP contribution < -0.4 is 0 Å². The van der Waals surface area contributed by atoms with Crippen molar-refractivity contribution in [3.05, 3.63) is 11.6 Å². The van der Waals surface area contributed by atoms with Crippen LogP contribution in [0, 0.1) is 11.3 Å². The van der Waals surface area contributed by atoms with Gasteiger partial charge in [0.05, 0.1) is 20.3 Å². The summed E-state index contributed by atoms with van der Waals surface area (Å²) >= 11 is 0. The Balaban J connectivity index is 1.93. The second-order valence-corrected chi connectivity index (χ2v) is 5.13. The molecular weight excluding hydrogens is 208 g/mol. The van der Waals surface area contributed by atoms with Crippen molar-refractivity contribution in [3.63, 3.8) is 0 Å². The number of fused-ring (bicyclic) bond motifs is 3. The van der Waals surface area contributed by atoms with Gasteiger partial charge in [-0.25, -0.2) is 4.79 Å². The molecule has 4 nitrogen and oxygen atoms in total. The van der Waals surface area contributed by atoms with Crippen molar-refractivity contribution in [1.29, 1.82) is 0 Å². The van der Waals surface area contributed by atoms with Crippen LogP contribution >= 0.6 is 0 Å². The summed E-state index contributed by atoms with van der Waals surface area (Å²) in [7, 11) is 1.43. The van der Waals surface area contributed by atoms with Crippen molar-refractivity contribution < 1.29 is 19.0 Å². The quantitative estimate of drug-likeness (QED) is 0.629. The van der Waals surface area contributed by atoms with E-state index in [4.69, 9.17) is 14.2 Å². The molecule has 0 amide bonds. The third-order valence-corrected chi connectivity index (χ3v) is 4.07. The smallest absolute Gasteiger partial charge is 0.333 e. The molecule has 0 unspecified atom stereocenters. The van der Waals surface area contributed by atoms with E-state index in [1.807, 2.05) is 6.08 Å². The molecule has 0 aromatic rings. The molecule has 2 fully saturated rings. The van der Waals surface area contributed by atoms with Gasteiger partial charge in [-0.1, -0.05) is 13.0 Å². The molecule has 4 heteroatoms. The summed E-state index contributed by atoms with van der Waals surface area (Å²) in [4.78, 5) is 11.6. The number of esters is 1. The SMILES string of the molecule is COC(=O)C1=C[C@@H]2C[C@@]1(C)CC21OCCO1. The number of ether oxygens (including phenoxy) is 3. The molecule has 0 radical (unpaired) electrons.